The molecule has 0 amide bonds. The van der Waals surface area contributed by atoms with Crippen molar-refractivity contribution >= 4 is 22.8 Å². The summed E-state index contributed by atoms with van der Waals surface area (Å²) >= 11 is 0. The molecule has 0 aromatic heterocycles. The molecule has 1 aliphatic carbocycles. The fourth-order valence-corrected chi connectivity index (χ4v) is 5.63. The van der Waals surface area contributed by atoms with Crippen molar-refractivity contribution in [3.8, 4) is 0 Å². The number of allylic oxidation sites excluding steroid dienone is 5. The van der Waals surface area contributed by atoms with Crippen molar-refractivity contribution in [2.45, 2.75) is 57.9 Å². The number of hydrogen-bond acceptors (Lipinski definition) is 2. The van der Waals surface area contributed by atoms with Crippen LogP contribution in [0.5, 0.6) is 0 Å². The highest BCUT2D eigenvalue weighted by atomic mass is 15.2. The van der Waals surface area contributed by atoms with E-state index in [2.05, 4.69) is 106 Å². The molecule has 2 aromatic rings. The van der Waals surface area contributed by atoms with Gasteiger partial charge < -0.3 is 4.90 Å². The maximum atomic E-state index is 5.37. The fourth-order valence-electron chi connectivity index (χ4n) is 5.63. The molecule has 0 spiro atoms. The van der Waals surface area contributed by atoms with E-state index in [9.17, 15) is 0 Å². The van der Waals surface area contributed by atoms with E-state index >= 15 is 0 Å². The van der Waals surface area contributed by atoms with Crippen LogP contribution >= 0.6 is 0 Å². The number of benzene rings is 2. The summed E-state index contributed by atoms with van der Waals surface area (Å²) in [4.78, 5) is 7.87. The van der Waals surface area contributed by atoms with E-state index in [1.807, 2.05) is 6.08 Å². The lowest BCUT2D eigenvalue weighted by molar-refractivity contribution is 0.727. The second kappa shape index (κ2) is 7.78. The molecule has 2 aromatic carbocycles. The van der Waals surface area contributed by atoms with Gasteiger partial charge in [-0.15, -0.1) is 6.58 Å². The zero-order valence-corrected chi connectivity index (χ0v) is 19.6. The first-order valence-electron chi connectivity index (χ1n) is 11.7. The summed E-state index contributed by atoms with van der Waals surface area (Å²) in [5.41, 5.74) is 10.2. The molecule has 2 heteroatoms. The normalized spacial score (nSPS) is 22.4. The smallest absolute Gasteiger partial charge is 0.0734 e. The molecule has 5 rings (SSSR count). The molecule has 0 saturated heterocycles. The lowest BCUT2D eigenvalue weighted by atomic mass is 9.76. The van der Waals surface area contributed by atoms with E-state index in [1.54, 1.807) is 0 Å². The lowest BCUT2D eigenvalue weighted by Gasteiger charge is -2.29. The van der Waals surface area contributed by atoms with Crippen molar-refractivity contribution in [2.24, 2.45) is 4.99 Å². The zero-order valence-electron chi connectivity index (χ0n) is 19.6. The summed E-state index contributed by atoms with van der Waals surface area (Å²) in [7, 11) is 0. The standard InChI is InChI=1S/C30H32N2/c1-6-8-13-21(7-2)29-30(4,5)24-17-18-26-27(28(24)31-29)23-15-9-10-16-25(23)32(26)22-14-11-12-20(3)19-22/h6-7,9-12,14-19,23,25H,1,8,13H2,2-5H3/b21-7+. The van der Waals surface area contributed by atoms with Crippen LogP contribution in [0.3, 0.4) is 0 Å². The molecule has 32 heavy (non-hydrogen) atoms. The monoisotopic (exact) mass is 420 g/mol. The number of rotatable bonds is 5. The Bertz CT molecular complexity index is 1210. The summed E-state index contributed by atoms with van der Waals surface area (Å²) in [6.07, 6.45) is 15.3. The van der Waals surface area contributed by atoms with E-state index in [0.29, 0.717) is 5.92 Å². The minimum Gasteiger partial charge on any atom is -0.333 e. The van der Waals surface area contributed by atoms with Crippen LogP contribution in [0.15, 0.2) is 90.0 Å². The van der Waals surface area contributed by atoms with Crippen molar-refractivity contribution in [3.63, 3.8) is 0 Å². The van der Waals surface area contributed by atoms with Crippen molar-refractivity contribution < 1.29 is 0 Å². The predicted molar refractivity (Wildman–Crippen MR) is 138 cm³/mol. The van der Waals surface area contributed by atoms with Gasteiger partial charge in [0.1, 0.15) is 0 Å². The Morgan fingerprint density at radius 2 is 1.97 bits per heavy atom. The first-order chi connectivity index (χ1) is 15.5. The zero-order chi connectivity index (χ0) is 22.5. The van der Waals surface area contributed by atoms with Gasteiger partial charge in [-0.3, -0.25) is 4.99 Å². The number of hydrogen-bond donors (Lipinski definition) is 0. The van der Waals surface area contributed by atoms with Crippen LogP contribution < -0.4 is 4.90 Å². The van der Waals surface area contributed by atoms with E-state index in [-0.39, 0.29) is 11.5 Å². The van der Waals surface area contributed by atoms with Crippen molar-refractivity contribution in [1.82, 2.24) is 0 Å². The van der Waals surface area contributed by atoms with Gasteiger partial charge in [0.2, 0.25) is 0 Å². The van der Waals surface area contributed by atoms with Gasteiger partial charge in [0.25, 0.3) is 0 Å². The third-order valence-electron chi connectivity index (χ3n) is 7.23. The molecule has 2 heterocycles. The third kappa shape index (κ3) is 3.04. The van der Waals surface area contributed by atoms with Gasteiger partial charge in [0, 0.05) is 28.3 Å². The molecular formula is C30H32N2. The number of fused-ring (bicyclic) bond motifs is 5. The molecule has 0 saturated carbocycles. The Kier molecular flexibility index (Phi) is 5.04. The van der Waals surface area contributed by atoms with Gasteiger partial charge in [0.05, 0.1) is 17.4 Å². The van der Waals surface area contributed by atoms with Crippen molar-refractivity contribution in [2.75, 3.05) is 4.90 Å². The Morgan fingerprint density at radius 1 is 1.16 bits per heavy atom. The minimum absolute atomic E-state index is 0.103. The highest BCUT2D eigenvalue weighted by Crippen LogP contribution is 2.56. The van der Waals surface area contributed by atoms with E-state index in [4.69, 9.17) is 4.99 Å². The van der Waals surface area contributed by atoms with E-state index < -0.39 is 0 Å². The largest absolute Gasteiger partial charge is 0.333 e. The Balaban J connectivity index is 1.70. The highest BCUT2D eigenvalue weighted by molar-refractivity contribution is 6.13. The summed E-state index contributed by atoms with van der Waals surface area (Å²) in [6, 6.07) is 13.8. The molecule has 2 atom stereocenters. The molecule has 0 fully saturated rings. The maximum absolute atomic E-state index is 5.37. The Labute approximate surface area is 192 Å². The summed E-state index contributed by atoms with van der Waals surface area (Å²) in [5.74, 6) is 0.312. The van der Waals surface area contributed by atoms with E-state index in [1.165, 1.54) is 45.0 Å². The fraction of sp³-hybridized carbons (Fsp3) is 0.300. The molecular weight excluding hydrogens is 388 g/mol. The van der Waals surface area contributed by atoms with Gasteiger partial charge in [0.15, 0.2) is 0 Å². The van der Waals surface area contributed by atoms with Crippen LogP contribution in [-0.2, 0) is 5.41 Å². The SMILES string of the molecule is C=CCC/C(=C\C)C1=Nc2c(ccc3c2C2C=CC=CC2N3c2cccc(C)c2)C1(C)C. The first kappa shape index (κ1) is 20.8. The summed E-state index contributed by atoms with van der Waals surface area (Å²) in [6.45, 7) is 12.9. The Morgan fingerprint density at radius 3 is 2.72 bits per heavy atom. The average molecular weight is 421 g/mol. The quantitative estimate of drug-likeness (QED) is 0.447. The van der Waals surface area contributed by atoms with Gasteiger partial charge in [-0.05, 0) is 61.6 Å². The van der Waals surface area contributed by atoms with Crippen LogP contribution in [0.1, 0.15) is 56.2 Å². The molecule has 2 unspecified atom stereocenters. The van der Waals surface area contributed by atoms with Gasteiger partial charge in [-0.2, -0.15) is 0 Å². The van der Waals surface area contributed by atoms with Crippen molar-refractivity contribution in [3.05, 3.63) is 102 Å². The molecule has 3 aliphatic rings. The van der Waals surface area contributed by atoms with Crippen molar-refractivity contribution in [1.29, 1.82) is 0 Å². The lowest BCUT2D eigenvalue weighted by Crippen LogP contribution is -2.28. The second-order valence-corrected chi connectivity index (χ2v) is 9.62. The Hall–Kier alpha value is -3.13. The first-order valence-corrected chi connectivity index (χ1v) is 11.7. The minimum atomic E-state index is -0.103. The summed E-state index contributed by atoms with van der Waals surface area (Å²) in [5, 5.41) is 0. The van der Waals surface area contributed by atoms with Crippen LogP contribution in [0.25, 0.3) is 0 Å². The van der Waals surface area contributed by atoms with Gasteiger partial charge in [-0.1, -0.05) is 68.5 Å². The number of aliphatic imine (C=N–C) groups is 1. The highest BCUT2D eigenvalue weighted by Gasteiger charge is 2.44. The number of nitrogens with zero attached hydrogens (tertiary/aromatic N) is 2. The van der Waals surface area contributed by atoms with Crippen LogP contribution in [0, 0.1) is 6.92 Å². The second-order valence-electron chi connectivity index (χ2n) is 9.62. The maximum Gasteiger partial charge on any atom is 0.0734 e. The molecule has 2 aliphatic heterocycles. The van der Waals surface area contributed by atoms with E-state index in [0.717, 1.165) is 12.8 Å². The molecule has 2 nitrogen and oxygen atoms in total. The molecule has 0 radical (unpaired) electrons. The van der Waals surface area contributed by atoms with Crippen LogP contribution in [-0.4, -0.2) is 11.8 Å². The van der Waals surface area contributed by atoms with Gasteiger partial charge >= 0.3 is 0 Å². The molecule has 0 bridgehead atoms. The average Bonchev–Trinajstić information content (AvgIpc) is 3.26. The number of aryl methyl sites for hydroxylation is 1. The molecule has 0 N–H and O–H groups in total. The van der Waals surface area contributed by atoms with Gasteiger partial charge in [-0.25, -0.2) is 0 Å². The van der Waals surface area contributed by atoms with Crippen LogP contribution in [0.4, 0.5) is 17.1 Å². The topological polar surface area (TPSA) is 15.6 Å². The predicted octanol–water partition coefficient (Wildman–Crippen LogP) is 8.00. The van der Waals surface area contributed by atoms with Crippen LogP contribution in [0.2, 0.25) is 0 Å². The third-order valence-corrected chi connectivity index (χ3v) is 7.23. The summed E-state index contributed by atoms with van der Waals surface area (Å²) < 4.78 is 0. The number of anilines is 2. The molecule has 162 valence electrons.